The van der Waals surface area contributed by atoms with Crippen molar-refractivity contribution in [2.45, 2.75) is 13.3 Å². The number of methoxy groups -OCH3 is 1. The SMILES string of the molecule is COCC(C)CNc1ccc2c(c1)CCO2. The van der Waals surface area contributed by atoms with Crippen molar-refractivity contribution in [2.75, 3.05) is 32.2 Å². The summed E-state index contributed by atoms with van der Waals surface area (Å²) in [5, 5.41) is 3.42. The molecule has 1 aromatic rings. The van der Waals surface area contributed by atoms with E-state index in [1.54, 1.807) is 7.11 Å². The first-order valence-electron chi connectivity index (χ1n) is 5.78. The summed E-state index contributed by atoms with van der Waals surface area (Å²) in [6.45, 7) is 4.72. The second kappa shape index (κ2) is 5.21. The van der Waals surface area contributed by atoms with Crippen molar-refractivity contribution in [3.05, 3.63) is 23.8 Å². The molecule has 0 aromatic heterocycles. The first-order chi connectivity index (χ1) is 7.79. The second-order valence-corrected chi connectivity index (χ2v) is 4.36. The molecule has 1 heterocycles. The Kier molecular flexibility index (Phi) is 3.67. The molecule has 0 amide bonds. The van der Waals surface area contributed by atoms with E-state index in [4.69, 9.17) is 9.47 Å². The number of benzene rings is 1. The molecule has 2 rings (SSSR count). The average molecular weight is 221 g/mol. The van der Waals surface area contributed by atoms with Crippen molar-refractivity contribution in [3.63, 3.8) is 0 Å². The topological polar surface area (TPSA) is 30.5 Å². The normalized spacial score (nSPS) is 15.4. The maximum Gasteiger partial charge on any atom is 0.122 e. The highest BCUT2D eigenvalue weighted by atomic mass is 16.5. The van der Waals surface area contributed by atoms with Gasteiger partial charge in [-0.1, -0.05) is 6.92 Å². The largest absolute Gasteiger partial charge is 0.493 e. The molecule has 1 aliphatic rings. The number of rotatable bonds is 5. The van der Waals surface area contributed by atoms with E-state index in [1.165, 1.54) is 11.3 Å². The average Bonchev–Trinajstić information content (AvgIpc) is 2.74. The predicted octanol–water partition coefficient (Wildman–Crippen LogP) is 2.32. The van der Waals surface area contributed by atoms with E-state index in [-0.39, 0.29) is 0 Å². The van der Waals surface area contributed by atoms with Crippen molar-refractivity contribution in [1.82, 2.24) is 0 Å². The Hall–Kier alpha value is -1.22. The van der Waals surface area contributed by atoms with E-state index in [0.717, 1.165) is 31.9 Å². The highest BCUT2D eigenvalue weighted by Gasteiger charge is 2.11. The zero-order valence-electron chi connectivity index (χ0n) is 9.95. The fourth-order valence-corrected chi connectivity index (χ4v) is 1.93. The molecule has 3 heteroatoms. The summed E-state index contributed by atoms with van der Waals surface area (Å²) in [6.07, 6.45) is 1.03. The summed E-state index contributed by atoms with van der Waals surface area (Å²) in [4.78, 5) is 0. The molecular formula is C13H19NO2. The van der Waals surface area contributed by atoms with E-state index < -0.39 is 0 Å². The maximum atomic E-state index is 5.47. The van der Waals surface area contributed by atoms with Crippen LogP contribution in [0.5, 0.6) is 5.75 Å². The van der Waals surface area contributed by atoms with Crippen LogP contribution in [0.1, 0.15) is 12.5 Å². The lowest BCUT2D eigenvalue weighted by Gasteiger charge is -2.13. The minimum atomic E-state index is 0.523. The Labute approximate surface area is 96.8 Å². The molecule has 0 saturated carbocycles. The van der Waals surface area contributed by atoms with Crippen LogP contribution in [0.25, 0.3) is 0 Å². The molecule has 0 fully saturated rings. The lowest BCUT2D eigenvalue weighted by molar-refractivity contribution is 0.164. The van der Waals surface area contributed by atoms with Crippen LogP contribution in [0.4, 0.5) is 5.69 Å². The van der Waals surface area contributed by atoms with Gasteiger partial charge in [-0.2, -0.15) is 0 Å². The van der Waals surface area contributed by atoms with Crippen LogP contribution in [0, 0.1) is 5.92 Å². The predicted molar refractivity (Wildman–Crippen MR) is 65.2 cm³/mol. The van der Waals surface area contributed by atoms with Crippen LogP contribution in [-0.2, 0) is 11.2 Å². The minimum Gasteiger partial charge on any atom is -0.493 e. The van der Waals surface area contributed by atoms with Crippen LogP contribution in [-0.4, -0.2) is 26.9 Å². The van der Waals surface area contributed by atoms with Gasteiger partial charge in [-0.3, -0.25) is 0 Å². The number of nitrogens with one attached hydrogen (secondary N) is 1. The molecule has 3 nitrogen and oxygen atoms in total. The summed E-state index contributed by atoms with van der Waals surface area (Å²) >= 11 is 0. The van der Waals surface area contributed by atoms with Gasteiger partial charge in [0.05, 0.1) is 13.2 Å². The monoisotopic (exact) mass is 221 g/mol. The molecule has 0 radical (unpaired) electrons. The molecule has 0 saturated heterocycles. The molecule has 16 heavy (non-hydrogen) atoms. The van der Waals surface area contributed by atoms with E-state index in [0.29, 0.717) is 5.92 Å². The Morgan fingerprint density at radius 3 is 3.19 bits per heavy atom. The molecule has 1 atom stereocenters. The quantitative estimate of drug-likeness (QED) is 0.827. The summed E-state index contributed by atoms with van der Waals surface area (Å²) in [7, 11) is 1.74. The third-order valence-electron chi connectivity index (χ3n) is 2.80. The third kappa shape index (κ3) is 2.67. The molecule has 0 aliphatic carbocycles. The fourth-order valence-electron chi connectivity index (χ4n) is 1.93. The summed E-state index contributed by atoms with van der Waals surface area (Å²) in [5.74, 6) is 1.56. The second-order valence-electron chi connectivity index (χ2n) is 4.36. The van der Waals surface area contributed by atoms with Gasteiger partial charge >= 0.3 is 0 Å². The Morgan fingerprint density at radius 2 is 2.38 bits per heavy atom. The number of ether oxygens (including phenoxy) is 2. The van der Waals surface area contributed by atoms with Crippen molar-refractivity contribution >= 4 is 5.69 Å². The number of hydrogen-bond acceptors (Lipinski definition) is 3. The maximum absolute atomic E-state index is 5.47. The Morgan fingerprint density at radius 1 is 1.50 bits per heavy atom. The molecule has 1 unspecified atom stereocenters. The van der Waals surface area contributed by atoms with E-state index in [1.807, 2.05) is 6.07 Å². The standard InChI is InChI=1S/C13H19NO2/c1-10(9-15-2)8-14-12-3-4-13-11(7-12)5-6-16-13/h3-4,7,10,14H,5-6,8-9H2,1-2H3. The molecular weight excluding hydrogens is 202 g/mol. The third-order valence-corrected chi connectivity index (χ3v) is 2.80. The van der Waals surface area contributed by atoms with Crippen LogP contribution in [0.2, 0.25) is 0 Å². The summed E-state index contributed by atoms with van der Waals surface area (Å²) in [6, 6.07) is 6.30. The summed E-state index contributed by atoms with van der Waals surface area (Å²) < 4.78 is 10.6. The van der Waals surface area contributed by atoms with E-state index >= 15 is 0 Å². The molecule has 1 aromatic carbocycles. The number of fused-ring (bicyclic) bond motifs is 1. The van der Waals surface area contributed by atoms with Gasteiger partial charge in [0.25, 0.3) is 0 Å². The van der Waals surface area contributed by atoms with Crippen LogP contribution in [0.15, 0.2) is 18.2 Å². The van der Waals surface area contributed by atoms with Gasteiger partial charge in [0, 0.05) is 25.8 Å². The van der Waals surface area contributed by atoms with Crippen LogP contribution < -0.4 is 10.1 Å². The van der Waals surface area contributed by atoms with Gasteiger partial charge in [-0.15, -0.1) is 0 Å². The number of anilines is 1. The molecule has 0 bridgehead atoms. The van der Waals surface area contributed by atoms with Gasteiger partial charge in [0.15, 0.2) is 0 Å². The zero-order chi connectivity index (χ0) is 11.4. The van der Waals surface area contributed by atoms with Crippen LogP contribution >= 0.6 is 0 Å². The zero-order valence-corrected chi connectivity index (χ0v) is 9.95. The van der Waals surface area contributed by atoms with Crippen molar-refractivity contribution in [3.8, 4) is 5.75 Å². The minimum absolute atomic E-state index is 0.523. The van der Waals surface area contributed by atoms with Crippen molar-refractivity contribution in [2.24, 2.45) is 5.92 Å². The molecule has 88 valence electrons. The lowest BCUT2D eigenvalue weighted by Crippen LogP contribution is -2.15. The van der Waals surface area contributed by atoms with Gasteiger partial charge < -0.3 is 14.8 Å². The lowest BCUT2D eigenvalue weighted by atomic mass is 10.1. The molecule has 1 aliphatic heterocycles. The Balaban J connectivity index is 1.90. The van der Waals surface area contributed by atoms with Crippen molar-refractivity contribution < 1.29 is 9.47 Å². The van der Waals surface area contributed by atoms with E-state index in [9.17, 15) is 0 Å². The highest BCUT2D eigenvalue weighted by molar-refractivity contribution is 5.52. The first kappa shape index (κ1) is 11.3. The van der Waals surface area contributed by atoms with Gasteiger partial charge in [0.2, 0.25) is 0 Å². The Bertz CT molecular complexity index is 352. The van der Waals surface area contributed by atoms with Crippen LogP contribution in [0.3, 0.4) is 0 Å². The van der Waals surface area contributed by atoms with Gasteiger partial charge in [-0.05, 0) is 29.7 Å². The highest BCUT2D eigenvalue weighted by Crippen LogP contribution is 2.27. The molecule has 1 N–H and O–H groups in total. The molecule has 0 spiro atoms. The first-order valence-corrected chi connectivity index (χ1v) is 5.78. The van der Waals surface area contributed by atoms with Crippen molar-refractivity contribution in [1.29, 1.82) is 0 Å². The fraction of sp³-hybridized carbons (Fsp3) is 0.538. The van der Waals surface area contributed by atoms with E-state index in [2.05, 4.69) is 24.4 Å². The van der Waals surface area contributed by atoms with Gasteiger partial charge in [0.1, 0.15) is 5.75 Å². The summed E-state index contributed by atoms with van der Waals surface area (Å²) in [5.41, 5.74) is 2.48. The van der Waals surface area contributed by atoms with Gasteiger partial charge in [-0.25, -0.2) is 0 Å². The smallest absolute Gasteiger partial charge is 0.122 e. The number of hydrogen-bond donors (Lipinski definition) is 1.